The third-order valence-electron chi connectivity index (χ3n) is 3.21. The van der Waals surface area contributed by atoms with Gasteiger partial charge in [-0.3, -0.25) is 0 Å². The van der Waals surface area contributed by atoms with Gasteiger partial charge in [0.2, 0.25) is 0 Å². The van der Waals surface area contributed by atoms with Crippen LogP contribution in [-0.4, -0.2) is 38.5 Å². The second-order valence-electron chi connectivity index (χ2n) is 4.39. The highest BCUT2D eigenvalue weighted by Gasteiger charge is 2.40. The van der Waals surface area contributed by atoms with E-state index in [2.05, 4.69) is 0 Å². The van der Waals surface area contributed by atoms with Gasteiger partial charge in [0.25, 0.3) is 0 Å². The van der Waals surface area contributed by atoms with Crippen molar-refractivity contribution < 1.29 is 24.1 Å². The maximum Gasteiger partial charge on any atom is 0.328 e. The van der Waals surface area contributed by atoms with E-state index in [4.69, 9.17) is 19.3 Å². The van der Waals surface area contributed by atoms with E-state index in [-0.39, 0.29) is 0 Å². The van der Waals surface area contributed by atoms with Crippen molar-refractivity contribution in [2.45, 2.75) is 5.41 Å². The fourth-order valence-corrected chi connectivity index (χ4v) is 2.10. The summed E-state index contributed by atoms with van der Waals surface area (Å²) in [4.78, 5) is 10.7. The zero-order valence-electron chi connectivity index (χ0n) is 10.9. The molecule has 1 aromatic rings. The molecular weight excluding hydrogens is 248 g/mol. The van der Waals surface area contributed by atoms with Crippen LogP contribution in [0.3, 0.4) is 0 Å². The number of carboxylic acid groups (broad SMARTS) is 1. The molecule has 0 unspecified atom stereocenters. The van der Waals surface area contributed by atoms with Crippen molar-refractivity contribution in [3.8, 4) is 11.5 Å². The Balaban J connectivity index is 2.44. The Hall–Kier alpha value is -2.01. The summed E-state index contributed by atoms with van der Waals surface area (Å²) in [5.74, 6) is 0.415. The predicted molar refractivity (Wildman–Crippen MR) is 68.8 cm³/mol. The minimum absolute atomic E-state index is 0.431. The molecule has 0 aromatic heterocycles. The first kappa shape index (κ1) is 13.4. The molecule has 5 nitrogen and oxygen atoms in total. The monoisotopic (exact) mass is 264 g/mol. The van der Waals surface area contributed by atoms with E-state index in [1.807, 2.05) is 12.1 Å². The summed E-state index contributed by atoms with van der Waals surface area (Å²) in [5, 5.41) is 8.79. The molecule has 1 aromatic carbocycles. The Labute approximate surface area is 111 Å². The normalized spacial score (nSPS) is 16.9. The fourth-order valence-electron chi connectivity index (χ4n) is 2.10. The highest BCUT2D eigenvalue weighted by Crippen LogP contribution is 2.40. The summed E-state index contributed by atoms with van der Waals surface area (Å²) in [6.45, 7) is 0.862. The molecule has 1 aliphatic heterocycles. The molecule has 2 rings (SSSR count). The molecule has 0 spiro atoms. The first-order valence-corrected chi connectivity index (χ1v) is 5.84. The van der Waals surface area contributed by atoms with Gasteiger partial charge in [0, 0.05) is 11.6 Å². The summed E-state index contributed by atoms with van der Waals surface area (Å²) < 4.78 is 15.8. The summed E-state index contributed by atoms with van der Waals surface area (Å²) in [5.41, 5.74) is 0.413. The van der Waals surface area contributed by atoms with Crippen molar-refractivity contribution in [1.82, 2.24) is 0 Å². The van der Waals surface area contributed by atoms with Crippen LogP contribution in [-0.2, 0) is 14.9 Å². The van der Waals surface area contributed by atoms with Crippen molar-refractivity contribution in [3.05, 3.63) is 35.9 Å². The number of hydrogen-bond donors (Lipinski definition) is 1. The maximum atomic E-state index is 10.7. The molecule has 0 bridgehead atoms. The second kappa shape index (κ2) is 5.32. The van der Waals surface area contributed by atoms with Gasteiger partial charge in [-0.25, -0.2) is 4.79 Å². The number of ether oxygens (including phenoxy) is 3. The van der Waals surface area contributed by atoms with Crippen LogP contribution in [0.5, 0.6) is 11.5 Å². The zero-order valence-corrected chi connectivity index (χ0v) is 10.9. The summed E-state index contributed by atoms with van der Waals surface area (Å²) in [6.07, 6.45) is 2.79. The molecule has 0 aliphatic carbocycles. The van der Waals surface area contributed by atoms with Gasteiger partial charge in [-0.2, -0.15) is 0 Å². The first-order chi connectivity index (χ1) is 9.11. The highest BCUT2D eigenvalue weighted by molar-refractivity contribution is 5.80. The number of carboxylic acids is 1. The van der Waals surface area contributed by atoms with Crippen molar-refractivity contribution in [3.63, 3.8) is 0 Å². The van der Waals surface area contributed by atoms with E-state index in [9.17, 15) is 4.79 Å². The lowest BCUT2D eigenvalue weighted by molar-refractivity contribution is -0.131. The summed E-state index contributed by atoms with van der Waals surface area (Å²) in [7, 11) is 3.17. The number of methoxy groups -OCH3 is 2. The highest BCUT2D eigenvalue weighted by atomic mass is 16.5. The smallest absolute Gasteiger partial charge is 0.328 e. The van der Waals surface area contributed by atoms with E-state index in [0.717, 1.165) is 11.6 Å². The summed E-state index contributed by atoms with van der Waals surface area (Å²) >= 11 is 0. The minimum atomic E-state index is -0.979. The first-order valence-electron chi connectivity index (χ1n) is 5.84. The Morgan fingerprint density at radius 2 is 2.11 bits per heavy atom. The van der Waals surface area contributed by atoms with Crippen LogP contribution in [0.25, 0.3) is 0 Å². The van der Waals surface area contributed by atoms with Crippen LogP contribution in [0.2, 0.25) is 0 Å². The standard InChI is InChI=1S/C14H16O5/c1-17-10-3-4-12(18-2)11(7-10)14(8-19-9-14)6-5-13(15)16/h3-7H,8-9H2,1-2H3,(H,15,16)/b6-5+. The van der Waals surface area contributed by atoms with Crippen molar-refractivity contribution >= 4 is 5.97 Å². The van der Waals surface area contributed by atoms with Gasteiger partial charge in [-0.1, -0.05) is 6.08 Å². The Kier molecular flexibility index (Phi) is 3.76. The van der Waals surface area contributed by atoms with E-state index in [1.165, 1.54) is 0 Å². The van der Waals surface area contributed by atoms with Crippen LogP contribution >= 0.6 is 0 Å². The molecule has 1 fully saturated rings. The lowest BCUT2D eigenvalue weighted by Gasteiger charge is -2.40. The van der Waals surface area contributed by atoms with E-state index >= 15 is 0 Å². The third-order valence-corrected chi connectivity index (χ3v) is 3.21. The Morgan fingerprint density at radius 1 is 1.37 bits per heavy atom. The van der Waals surface area contributed by atoms with Crippen LogP contribution in [0.15, 0.2) is 30.4 Å². The molecule has 5 heteroatoms. The van der Waals surface area contributed by atoms with Gasteiger partial charge in [0.1, 0.15) is 11.5 Å². The molecule has 0 amide bonds. The molecule has 1 N–H and O–H groups in total. The molecule has 0 radical (unpaired) electrons. The van der Waals surface area contributed by atoms with Gasteiger partial charge in [-0.05, 0) is 18.2 Å². The van der Waals surface area contributed by atoms with E-state index in [1.54, 1.807) is 26.4 Å². The number of rotatable bonds is 5. The largest absolute Gasteiger partial charge is 0.497 e. The number of benzene rings is 1. The minimum Gasteiger partial charge on any atom is -0.497 e. The van der Waals surface area contributed by atoms with Gasteiger partial charge < -0.3 is 19.3 Å². The quantitative estimate of drug-likeness (QED) is 0.818. The molecular formula is C14H16O5. The van der Waals surface area contributed by atoms with Crippen molar-refractivity contribution in [1.29, 1.82) is 0 Å². The molecule has 0 atom stereocenters. The maximum absolute atomic E-state index is 10.7. The molecule has 0 saturated carbocycles. The van der Waals surface area contributed by atoms with Crippen molar-refractivity contribution in [2.75, 3.05) is 27.4 Å². The van der Waals surface area contributed by atoms with Gasteiger partial charge in [0.05, 0.1) is 32.8 Å². The molecule has 19 heavy (non-hydrogen) atoms. The fraction of sp³-hybridized carbons (Fsp3) is 0.357. The van der Waals surface area contributed by atoms with Gasteiger partial charge in [0.15, 0.2) is 0 Å². The Morgan fingerprint density at radius 3 is 2.58 bits per heavy atom. The number of hydrogen-bond acceptors (Lipinski definition) is 4. The molecule has 102 valence electrons. The van der Waals surface area contributed by atoms with E-state index < -0.39 is 11.4 Å². The van der Waals surface area contributed by atoms with Crippen LogP contribution in [0, 0.1) is 0 Å². The summed E-state index contributed by atoms with van der Waals surface area (Å²) in [6, 6.07) is 5.47. The second-order valence-corrected chi connectivity index (χ2v) is 4.39. The third kappa shape index (κ3) is 2.56. The average Bonchev–Trinajstić information content (AvgIpc) is 2.37. The van der Waals surface area contributed by atoms with E-state index in [0.29, 0.717) is 24.7 Å². The average molecular weight is 264 g/mol. The zero-order chi connectivity index (χ0) is 13.9. The molecule has 1 heterocycles. The number of aliphatic carboxylic acids is 1. The van der Waals surface area contributed by atoms with Gasteiger partial charge in [-0.15, -0.1) is 0 Å². The van der Waals surface area contributed by atoms with Gasteiger partial charge >= 0.3 is 5.97 Å². The van der Waals surface area contributed by atoms with Crippen LogP contribution < -0.4 is 9.47 Å². The molecule has 1 saturated heterocycles. The topological polar surface area (TPSA) is 65.0 Å². The lowest BCUT2D eigenvalue weighted by Crippen LogP contribution is -2.45. The SMILES string of the molecule is COc1ccc(OC)c(C2(/C=C/C(=O)O)COC2)c1. The number of carbonyl (C=O) groups is 1. The van der Waals surface area contributed by atoms with Crippen LogP contribution in [0.1, 0.15) is 5.56 Å². The van der Waals surface area contributed by atoms with Crippen LogP contribution in [0.4, 0.5) is 0 Å². The molecule has 1 aliphatic rings. The van der Waals surface area contributed by atoms with Crippen molar-refractivity contribution in [2.24, 2.45) is 0 Å². The lowest BCUT2D eigenvalue weighted by atomic mass is 9.77. The Bertz CT molecular complexity index is 503. The predicted octanol–water partition coefficient (Wildman–Crippen LogP) is 1.61.